The molecule has 3 aromatic carbocycles. The van der Waals surface area contributed by atoms with Crippen LogP contribution in [0.5, 0.6) is 5.75 Å². The summed E-state index contributed by atoms with van der Waals surface area (Å²) in [5, 5.41) is 0. The monoisotopic (exact) mass is 429 g/mol. The number of fused-ring (bicyclic) bond motifs is 1. The molecule has 156 valence electrons. The molecule has 0 spiro atoms. The van der Waals surface area contributed by atoms with Gasteiger partial charge in [0, 0.05) is 6.08 Å². The minimum atomic E-state index is -1.48. The van der Waals surface area contributed by atoms with Gasteiger partial charge in [0.15, 0.2) is 11.0 Å². The maximum atomic E-state index is 12.1. The number of ether oxygens (including phenoxy) is 1. The van der Waals surface area contributed by atoms with E-state index in [2.05, 4.69) is 61.0 Å². The summed E-state index contributed by atoms with van der Waals surface area (Å²) in [5.74, 6) is 0.535. The van der Waals surface area contributed by atoms with Crippen molar-refractivity contribution < 1.29 is 13.7 Å². The van der Waals surface area contributed by atoms with Crippen LogP contribution < -0.4 is 9.46 Å². The number of aryl methyl sites for hydroxylation is 3. The SMILES string of the molecule is Cc1cccc(C)c1-c1cccc(C2CCc3cc(C4=CC(=O)NS4=O)ccc3O2)c1. The smallest absolute Gasteiger partial charge is 0.257 e. The summed E-state index contributed by atoms with van der Waals surface area (Å²) in [6.45, 7) is 4.30. The number of hydrogen-bond acceptors (Lipinski definition) is 3. The summed E-state index contributed by atoms with van der Waals surface area (Å²) < 4.78 is 20.8. The number of benzene rings is 3. The topological polar surface area (TPSA) is 55.4 Å². The Morgan fingerprint density at radius 3 is 2.48 bits per heavy atom. The Hall–Kier alpha value is -3.18. The maximum absolute atomic E-state index is 12.1. The van der Waals surface area contributed by atoms with Gasteiger partial charge in [-0.25, -0.2) is 4.21 Å². The lowest BCUT2D eigenvalue weighted by atomic mass is 9.91. The van der Waals surface area contributed by atoms with Crippen LogP contribution >= 0.6 is 0 Å². The van der Waals surface area contributed by atoms with Gasteiger partial charge in [-0.1, -0.05) is 36.4 Å². The van der Waals surface area contributed by atoms with E-state index in [1.54, 1.807) is 0 Å². The molecule has 4 nitrogen and oxygen atoms in total. The molecule has 0 aliphatic carbocycles. The van der Waals surface area contributed by atoms with Crippen molar-refractivity contribution in [3.63, 3.8) is 0 Å². The fourth-order valence-electron chi connectivity index (χ4n) is 4.48. The summed E-state index contributed by atoms with van der Waals surface area (Å²) in [6, 6.07) is 20.8. The minimum Gasteiger partial charge on any atom is -0.485 e. The zero-order valence-corrected chi connectivity index (χ0v) is 18.3. The van der Waals surface area contributed by atoms with Gasteiger partial charge >= 0.3 is 0 Å². The predicted octanol–water partition coefficient (Wildman–Crippen LogP) is 5.17. The van der Waals surface area contributed by atoms with Crippen molar-refractivity contribution in [3.05, 3.63) is 94.6 Å². The number of nitrogens with one attached hydrogen (secondary N) is 1. The number of carbonyl (C=O) groups is 1. The van der Waals surface area contributed by atoms with Crippen LogP contribution in [0.4, 0.5) is 0 Å². The molecule has 1 N–H and O–H groups in total. The first-order chi connectivity index (χ1) is 15.0. The van der Waals surface area contributed by atoms with Crippen molar-refractivity contribution in [3.8, 4) is 16.9 Å². The van der Waals surface area contributed by atoms with Crippen LogP contribution in [0.1, 0.15) is 40.3 Å². The molecule has 31 heavy (non-hydrogen) atoms. The highest BCUT2D eigenvalue weighted by molar-refractivity contribution is 7.93. The summed E-state index contributed by atoms with van der Waals surface area (Å²) >= 11 is 0. The van der Waals surface area contributed by atoms with Crippen molar-refractivity contribution in [1.82, 2.24) is 4.72 Å². The van der Waals surface area contributed by atoms with Crippen LogP contribution in [-0.2, 0) is 22.2 Å². The minimum absolute atomic E-state index is 0.00861. The molecule has 0 bridgehead atoms. The molecule has 2 unspecified atom stereocenters. The molecule has 0 radical (unpaired) electrons. The van der Waals surface area contributed by atoms with Gasteiger partial charge in [-0.3, -0.25) is 9.52 Å². The van der Waals surface area contributed by atoms with Crippen LogP contribution in [0.2, 0.25) is 0 Å². The van der Waals surface area contributed by atoms with Crippen molar-refractivity contribution >= 4 is 21.8 Å². The highest BCUT2D eigenvalue weighted by Gasteiger charge is 2.25. The lowest BCUT2D eigenvalue weighted by Gasteiger charge is -2.27. The summed E-state index contributed by atoms with van der Waals surface area (Å²) in [5.41, 5.74) is 8.09. The highest BCUT2D eigenvalue weighted by Crippen LogP contribution is 2.38. The quantitative estimate of drug-likeness (QED) is 0.625. The molecule has 1 amide bonds. The van der Waals surface area contributed by atoms with E-state index >= 15 is 0 Å². The first kappa shape index (κ1) is 19.8. The van der Waals surface area contributed by atoms with Crippen LogP contribution in [0, 0.1) is 13.8 Å². The molecule has 2 aliphatic heterocycles. The zero-order chi connectivity index (χ0) is 21.5. The van der Waals surface area contributed by atoms with Gasteiger partial charge < -0.3 is 4.74 Å². The van der Waals surface area contributed by atoms with Gasteiger partial charge in [-0.2, -0.15) is 0 Å². The Balaban J connectivity index is 1.42. The summed E-state index contributed by atoms with van der Waals surface area (Å²) in [6.07, 6.45) is 3.13. The molecule has 0 saturated carbocycles. The van der Waals surface area contributed by atoms with E-state index in [-0.39, 0.29) is 12.0 Å². The molecular weight excluding hydrogens is 406 g/mol. The number of rotatable bonds is 3. The molecule has 0 saturated heterocycles. The number of amides is 1. The molecule has 3 aromatic rings. The van der Waals surface area contributed by atoms with E-state index in [9.17, 15) is 9.00 Å². The maximum Gasteiger partial charge on any atom is 0.257 e. The molecule has 0 aromatic heterocycles. The fraction of sp³-hybridized carbons (Fsp3) is 0.192. The first-order valence-electron chi connectivity index (χ1n) is 10.4. The number of hydrogen-bond donors (Lipinski definition) is 1. The third-order valence-corrected chi connectivity index (χ3v) is 7.11. The Morgan fingerprint density at radius 1 is 0.968 bits per heavy atom. The van der Waals surface area contributed by atoms with Crippen LogP contribution in [0.25, 0.3) is 16.0 Å². The average molecular weight is 430 g/mol. The van der Waals surface area contributed by atoms with Crippen molar-refractivity contribution in [2.75, 3.05) is 0 Å². The van der Waals surface area contributed by atoms with E-state index in [1.807, 2.05) is 18.2 Å². The third kappa shape index (κ3) is 3.70. The van der Waals surface area contributed by atoms with E-state index in [4.69, 9.17) is 4.74 Å². The van der Waals surface area contributed by atoms with E-state index in [0.717, 1.165) is 29.7 Å². The van der Waals surface area contributed by atoms with Crippen LogP contribution in [0.15, 0.2) is 66.7 Å². The molecule has 0 fully saturated rings. The third-order valence-electron chi connectivity index (χ3n) is 5.97. The second-order valence-corrected chi connectivity index (χ2v) is 9.28. The van der Waals surface area contributed by atoms with Crippen molar-refractivity contribution in [2.24, 2.45) is 0 Å². The zero-order valence-electron chi connectivity index (χ0n) is 17.5. The first-order valence-corrected chi connectivity index (χ1v) is 11.5. The molecular formula is C26H23NO3S. The number of carbonyl (C=O) groups excluding carboxylic acids is 1. The second-order valence-electron chi connectivity index (χ2n) is 8.10. The van der Waals surface area contributed by atoms with Crippen LogP contribution in [-0.4, -0.2) is 10.1 Å². The van der Waals surface area contributed by atoms with Gasteiger partial charge in [0.05, 0.1) is 4.91 Å². The Labute approximate surface area is 184 Å². The van der Waals surface area contributed by atoms with Gasteiger partial charge in [0.25, 0.3) is 5.91 Å². The van der Waals surface area contributed by atoms with Crippen LogP contribution in [0.3, 0.4) is 0 Å². The summed E-state index contributed by atoms with van der Waals surface area (Å²) in [7, 11) is -1.48. The predicted molar refractivity (Wildman–Crippen MR) is 124 cm³/mol. The van der Waals surface area contributed by atoms with Gasteiger partial charge in [-0.05, 0) is 89.9 Å². The second kappa shape index (κ2) is 7.82. The van der Waals surface area contributed by atoms with E-state index < -0.39 is 11.0 Å². The Morgan fingerprint density at radius 2 is 1.74 bits per heavy atom. The highest BCUT2D eigenvalue weighted by atomic mass is 32.2. The normalized spacial score (nSPS) is 19.9. The Kier molecular flexibility index (Phi) is 4.98. The molecule has 5 rings (SSSR count). The summed E-state index contributed by atoms with van der Waals surface area (Å²) in [4.78, 5) is 12.0. The van der Waals surface area contributed by atoms with Gasteiger partial charge in [-0.15, -0.1) is 0 Å². The van der Waals surface area contributed by atoms with Gasteiger partial charge in [0.1, 0.15) is 11.9 Å². The molecule has 2 aliphatic rings. The average Bonchev–Trinajstić information content (AvgIpc) is 3.11. The molecule has 2 heterocycles. The van der Waals surface area contributed by atoms with E-state index in [1.165, 1.54) is 33.9 Å². The van der Waals surface area contributed by atoms with Crippen molar-refractivity contribution in [1.29, 1.82) is 0 Å². The van der Waals surface area contributed by atoms with Crippen molar-refractivity contribution in [2.45, 2.75) is 32.8 Å². The standard InChI is InChI=1S/C26H23NO3S/c1-16-5-3-6-17(2)26(16)21-8-4-7-18(14-21)22-11-9-19-13-20(10-12-23(19)30-22)24-15-25(28)27-31(24)29/h3-8,10,12-15,22H,9,11H2,1-2H3,(H,27,28). The lowest BCUT2D eigenvalue weighted by molar-refractivity contribution is -0.114. The fourth-order valence-corrected chi connectivity index (χ4v) is 5.39. The van der Waals surface area contributed by atoms with Gasteiger partial charge in [0.2, 0.25) is 0 Å². The Bertz CT molecular complexity index is 1240. The molecule has 2 atom stereocenters. The van der Waals surface area contributed by atoms with E-state index in [0.29, 0.717) is 4.91 Å². The molecule has 5 heteroatoms. The largest absolute Gasteiger partial charge is 0.485 e. The lowest BCUT2D eigenvalue weighted by Crippen LogP contribution is -2.17.